The van der Waals surface area contributed by atoms with Crippen molar-refractivity contribution >= 4 is 28.6 Å². The topological polar surface area (TPSA) is 79.3 Å². The second kappa shape index (κ2) is 8.97. The van der Waals surface area contributed by atoms with Crippen LogP contribution in [0.5, 0.6) is 0 Å². The van der Waals surface area contributed by atoms with Crippen LogP contribution >= 0.6 is 22.7 Å². The molecule has 0 aromatic carbocycles. The number of piperidine rings is 1. The van der Waals surface area contributed by atoms with Crippen LogP contribution in [-0.2, 0) is 19.9 Å². The molecular weight excluding hydrogens is 490 g/mol. The lowest BCUT2D eigenvalue weighted by molar-refractivity contribution is -0.938. The third-order valence-electron chi connectivity index (χ3n) is 6.36. The Morgan fingerprint density at radius 1 is 1.17 bits per heavy atom. The molecule has 5 rings (SSSR count). The number of hydrogen-bond acceptors (Lipinski definition) is 7. The second-order valence-electron chi connectivity index (χ2n) is 8.31. The Kier molecular flexibility index (Phi) is 7.13. The Balaban J connectivity index is 0.000000606. The SMILES string of the molecule is CCO.C[N+]1(C)[C@H]2CC(OC(=O)C(O)(c3cccs3)c3cccs3)C[C@H]1[C@H]1O[C@H]12.[Br-]. The van der Waals surface area contributed by atoms with Gasteiger partial charge in [-0.05, 0) is 29.8 Å². The molecule has 2 N–H and O–H groups in total. The van der Waals surface area contributed by atoms with Crippen LogP contribution in [0.4, 0.5) is 0 Å². The van der Waals surface area contributed by atoms with E-state index in [0.717, 1.165) is 17.3 Å². The average Bonchev–Trinajstić information content (AvgIpc) is 3.04. The van der Waals surface area contributed by atoms with Crippen molar-refractivity contribution in [1.29, 1.82) is 0 Å². The number of fused-ring (bicyclic) bond motifs is 5. The highest BCUT2D eigenvalue weighted by atomic mass is 79.9. The molecule has 3 aliphatic rings. The number of quaternary nitrogens is 1. The van der Waals surface area contributed by atoms with Gasteiger partial charge in [0.05, 0.1) is 23.8 Å². The maximum Gasteiger partial charge on any atom is 0.349 e. The zero-order valence-corrected chi connectivity index (χ0v) is 20.5. The molecule has 0 radical (unpaired) electrons. The smallest absolute Gasteiger partial charge is 0.349 e. The number of halogens is 1. The van der Waals surface area contributed by atoms with Crippen LogP contribution in [0.2, 0.25) is 0 Å². The van der Waals surface area contributed by atoms with Crippen molar-refractivity contribution in [1.82, 2.24) is 0 Å². The number of aliphatic hydroxyl groups is 2. The summed E-state index contributed by atoms with van der Waals surface area (Å²) in [6.45, 7) is 1.93. The molecule has 1 unspecified atom stereocenters. The highest BCUT2D eigenvalue weighted by Crippen LogP contribution is 2.52. The van der Waals surface area contributed by atoms with Crippen LogP contribution in [0, 0.1) is 0 Å². The lowest BCUT2D eigenvalue weighted by atomic mass is 9.95. The molecule has 3 fully saturated rings. The first-order chi connectivity index (χ1) is 13.8. The minimum Gasteiger partial charge on any atom is -1.00 e. The lowest BCUT2D eigenvalue weighted by Crippen LogP contribution is -3.00. The molecule has 6 nitrogen and oxygen atoms in total. The molecule has 3 saturated heterocycles. The van der Waals surface area contributed by atoms with Gasteiger partial charge >= 0.3 is 5.97 Å². The largest absolute Gasteiger partial charge is 1.00 e. The van der Waals surface area contributed by atoms with Gasteiger partial charge in [-0.3, -0.25) is 0 Å². The number of likely N-dealkylation sites (N-methyl/N-ethyl adjacent to an activating group) is 1. The minimum atomic E-state index is -1.72. The number of hydrogen-bond donors (Lipinski definition) is 2. The molecule has 5 atom stereocenters. The van der Waals surface area contributed by atoms with Crippen LogP contribution in [0.15, 0.2) is 35.0 Å². The Morgan fingerprint density at radius 2 is 1.63 bits per heavy atom. The number of aliphatic hydroxyl groups excluding tert-OH is 1. The molecule has 2 aromatic rings. The number of morpholine rings is 1. The molecular formula is C21H28BrNO5S2. The monoisotopic (exact) mass is 517 g/mol. The summed E-state index contributed by atoms with van der Waals surface area (Å²) < 4.78 is 12.6. The molecule has 3 aliphatic heterocycles. The van der Waals surface area contributed by atoms with Crippen molar-refractivity contribution in [3.05, 3.63) is 44.8 Å². The molecule has 0 amide bonds. The number of ether oxygens (including phenoxy) is 2. The van der Waals surface area contributed by atoms with Gasteiger partial charge in [-0.2, -0.15) is 0 Å². The maximum absolute atomic E-state index is 13.1. The van der Waals surface area contributed by atoms with E-state index in [4.69, 9.17) is 14.6 Å². The summed E-state index contributed by atoms with van der Waals surface area (Å²) in [6, 6.07) is 8.01. The molecule has 0 aliphatic carbocycles. The van der Waals surface area contributed by atoms with Crippen molar-refractivity contribution < 1.29 is 45.9 Å². The van der Waals surface area contributed by atoms with E-state index in [1.165, 1.54) is 22.7 Å². The van der Waals surface area contributed by atoms with E-state index in [2.05, 4.69) is 14.1 Å². The van der Waals surface area contributed by atoms with Gasteiger partial charge in [0, 0.05) is 19.4 Å². The summed E-state index contributed by atoms with van der Waals surface area (Å²) in [6.07, 6.45) is 2.05. The fourth-order valence-corrected chi connectivity index (χ4v) is 6.54. The molecule has 2 bridgehead atoms. The maximum atomic E-state index is 13.1. The van der Waals surface area contributed by atoms with Crippen molar-refractivity contribution in [2.24, 2.45) is 0 Å². The van der Waals surface area contributed by atoms with Gasteiger partial charge in [-0.25, -0.2) is 4.79 Å². The molecule has 0 spiro atoms. The first-order valence-corrected chi connectivity index (χ1v) is 11.7. The summed E-state index contributed by atoms with van der Waals surface area (Å²) in [4.78, 5) is 14.3. The van der Waals surface area contributed by atoms with Crippen LogP contribution in [0.1, 0.15) is 29.5 Å². The first-order valence-electron chi connectivity index (χ1n) is 9.95. The number of thiophene rings is 2. The van der Waals surface area contributed by atoms with E-state index < -0.39 is 11.6 Å². The van der Waals surface area contributed by atoms with Gasteiger partial charge < -0.3 is 41.2 Å². The zero-order valence-electron chi connectivity index (χ0n) is 17.2. The normalized spacial score (nSPS) is 30.4. The fourth-order valence-electron chi connectivity index (χ4n) is 4.83. The minimum absolute atomic E-state index is 0. The molecule has 30 heavy (non-hydrogen) atoms. The first kappa shape index (κ1) is 23.8. The van der Waals surface area contributed by atoms with E-state index in [-0.39, 0.29) is 29.7 Å². The quantitative estimate of drug-likeness (QED) is 0.320. The van der Waals surface area contributed by atoms with Gasteiger partial charge in [-0.1, -0.05) is 12.1 Å². The van der Waals surface area contributed by atoms with Gasteiger partial charge in [0.2, 0.25) is 5.60 Å². The van der Waals surface area contributed by atoms with Crippen LogP contribution in [0.25, 0.3) is 0 Å². The van der Waals surface area contributed by atoms with Crippen molar-refractivity contribution in [3.8, 4) is 0 Å². The highest BCUT2D eigenvalue weighted by molar-refractivity contribution is 7.12. The number of epoxide rings is 1. The van der Waals surface area contributed by atoms with Gasteiger partial charge in [0.1, 0.15) is 30.4 Å². The average molecular weight is 518 g/mol. The summed E-state index contributed by atoms with van der Waals surface area (Å²) in [5, 5.41) is 22.7. The number of carbonyl (C=O) groups is 1. The van der Waals surface area contributed by atoms with Crippen molar-refractivity contribution in [2.75, 3.05) is 20.7 Å². The number of rotatable bonds is 4. The van der Waals surface area contributed by atoms with Crippen LogP contribution < -0.4 is 17.0 Å². The standard InChI is InChI=1S/C19H22NO4S2.C2H6O.BrH/c1-20(2)12-9-11(10-13(20)17-16(12)24-17)23-18(21)19(22,14-5-3-7-25-14)15-6-4-8-26-15;1-2-3;/h3-8,11-13,16-17,22H,9-10H2,1-2H3;3H,2H2,1H3;1H/q+1;;/p-1/t11?,12-,13-,16-,17+;;/m0../s1. The number of esters is 1. The van der Waals surface area contributed by atoms with E-state index in [9.17, 15) is 9.90 Å². The Bertz CT molecular complexity index is 787. The third kappa shape index (κ3) is 3.90. The zero-order chi connectivity index (χ0) is 20.8. The molecule has 166 valence electrons. The van der Waals surface area contributed by atoms with Crippen LogP contribution in [-0.4, -0.2) is 71.8 Å². The highest BCUT2D eigenvalue weighted by Gasteiger charge is 2.71. The fraction of sp³-hybridized carbons (Fsp3) is 0.571. The lowest BCUT2D eigenvalue weighted by Gasteiger charge is -2.45. The molecule has 0 saturated carbocycles. The molecule has 9 heteroatoms. The summed E-state index contributed by atoms with van der Waals surface area (Å²) in [5.41, 5.74) is -1.72. The Morgan fingerprint density at radius 3 is 2.03 bits per heavy atom. The summed E-state index contributed by atoms with van der Waals surface area (Å²) in [5.74, 6) is -0.561. The summed E-state index contributed by atoms with van der Waals surface area (Å²) >= 11 is 2.74. The molecule has 5 heterocycles. The summed E-state index contributed by atoms with van der Waals surface area (Å²) in [7, 11) is 4.49. The number of carbonyl (C=O) groups excluding carboxylic acids is 1. The van der Waals surface area contributed by atoms with Crippen molar-refractivity contribution in [2.45, 2.75) is 55.8 Å². The third-order valence-corrected chi connectivity index (χ3v) is 8.32. The predicted molar refractivity (Wildman–Crippen MR) is 112 cm³/mol. The van der Waals surface area contributed by atoms with Gasteiger partial charge in [0.15, 0.2) is 0 Å². The van der Waals surface area contributed by atoms with Crippen molar-refractivity contribution in [3.63, 3.8) is 0 Å². The Hall–Kier alpha value is -0.810. The van der Waals surface area contributed by atoms with Gasteiger partial charge in [-0.15, -0.1) is 22.7 Å². The van der Waals surface area contributed by atoms with E-state index in [1.54, 1.807) is 19.1 Å². The van der Waals surface area contributed by atoms with E-state index in [0.29, 0.717) is 34.0 Å². The van der Waals surface area contributed by atoms with E-state index >= 15 is 0 Å². The Labute approximate surface area is 195 Å². The number of nitrogens with zero attached hydrogens (tertiary/aromatic N) is 1. The van der Waals surface area contributed by atoms with E-state index in [1.807, 2.05) is 22.9 Å². The second-order valence-corrected chi connectivity index (χ2v) is 10.2. The predicted octanol–water partition coefficient (Wildman–Crippen LogP) is -0.652. The van der Waals surface area contributed by atoms with Gasteiger partial charge in [0.25, 0.3) is 0 Å². The molecule has 2 aromatic heterocycles. The van der Waals surface area contributed by atoms with Crippen LogP contribution in [0.3, 0.4) is 0 Å².